The maximum Gasteiger partial charge on any atom is 0.245 e. The van der Waals surface area contributed by atoms with Gasteiger partial charge in [0.1, 0.15) is 11.7 Å². The molecule has 3 N–H and O–H groups in total. The molecule has 1 unspecified atom stereocenters. The average molecular weight is 253 g/mol. The molecule has 0 fully saturated rings. The SMILES string of the molecule is CC(C(=O)NC(C)(C)C)n1cc(C(C)(C)N)nn1. The van der Waals surface area contributed by atoms with Crippen LogP contribution in [0.25, 0.3) is 0 Å². The fourth-order valence-corrected chi connectivity index (χ4v) is 1.36. The lowest BCUT2D eigenvalue weighted by molar-refractivity contribution is -0.125. The van der Waals surface area contributed by atoms with Gasteiger partial charge in [-0.2, -0.15) is 0 Å². The Balaban J connectivity index is 2.82. The number of amides is 1. The van der Waals surface area contributed by atoms with E-state index < -0.39 is 11.6 Å². The van der Waals surface area contributed by atoms with Crippen LogP contribution >= 0.6 is 0 Å². The summed E-state index contributed by atoms with van der Waals surface area (Å²) in [7, 11) is 0. The number of nitrogens with zero attached hydrogens (tertiary/aromatic N) is 3. The predicted octanol–water partition coefficient (Wildman–Crippen LogP) is 0.948. The van der Waals surface area contributed by atoms with Crippen molar-refractivity contribution in [2.75, 3.05) is 0 Å². The van der Waals surface area contributed by atoms with Crippen LogP contribution in [0.5, 0.6) is 0 Å². The van der Waals surface area contributed by atoms with Crippen LogP contribution in [0.3, 0.4) is 0 Å². The van der Waals surface area contributed by atoms with Crippen LogP contribution in [-0.2, 0) is 10.3 Å². The third kappa shape index (κ3) is 3.80. The molecule has 18 heavy (non-hydrogen) atoms. The standard InChI is InChI=1S/C12H23N5O/c1-8(10(18)14-11(2,3)4)17-7-9(15-16-17)12(5,6)13/h7-8H,13H2,1-6H3,(H,14,18). The van der Waals surface area contributed by atoms with E-state index >= 15 is 0 Å². The molecular formula is C12H23N5O. The van der Waals surface area contributed by atoms with Crippen LogP contribution in [0.1, 0.15) is 53.3 Å². The lowest BCUT2D eigenvalue weighted by Crippen LogP contribution is -2.43. The predicted molar refractivity (Wildman–Crippen MR) is 69.8 cm³/mol. The third-order valence-corrected chi connectivity index (χ3v) is 2.44. The topological polar surface area (TPSA) is 85.8 Å². The number of hydrogen-bond acceptors (Lipinski definition) is 4. The zero-order valence-corrected chi connectivity index (χ0v) is 12.0. The van der Waals surface area contributed by atoms with Crippen LogP contribution < -0.4 is 11.1 Å². The van der Waals surface area contributed by atoms with Gasteiger partial charge in [-0.3, -0.25) is 4.79 Å². The highest BCUT2D eigenvalue weighted by Crippen LogP contribution is 2.15. The quantitative estimate of drug-likeness (QED) is 0.839. The zero-order valence-electron chi connectivity index (χ0n) is 12.0. The number of rotatable bonds is 3. The summed E-state index contributed by atoms with van der Waals surface area (Å²) in [5.74, 6) is -0.0891. The fraction of sp³-hybridized carbons (Fsp3) is 0.750. The van der Waals surface area contributed by atoms with E-state index in [4.69, 9.17) is 5.73 Å². The highest BCUT2D eigenvalue weighted by Gasteiger charge is 2.24. The first-order valence-electron chi connectivity index (χ1n) is 6.04. The van der Waals surface area contributed by atoms with Gasteiger partial charge in [0.25, 0.3) is 0 Å². The Morgan fingerprint density at radius 1 is 1.39 bits per heavy atom. The Labute approximate surface area is 108 Å². The van der Waals surface area contributed by atoms with Gasteiger partial charge in [-0.15, -0.1) is 5.10 Å². The molecule has 1 aromatic rings. The maximum absolute atomic E-state index is 12.0. The van der Waals surface area contributed by atoms with E-state index in [1.54, 1.807) is 13.1 Å². The number of nitrogens with two attached hydrogens (primary N) is 1. The van der Waals surface area contributed by atoms with Crippen molar-refractivity contribution in [3.05, 3.63) is 11.9 Å². The minimum Gasteiger partial charge on any atom is -0.350 e. The summed E-state index contributed by atoms with van der Waals surface area (Å²) in [6.07, 6.45) is 1.72. The van der Waals surface area contributed by atoms with Crippen molar-refractivity contribution in [1.82, 2.24) is 20.3 Å². The van der Waals surface area contributed by atoms with Crippen LogP contribution in [0.4, 0.5) is 0 Å². The molecule has 0 saturated heterocycles. The summed E-state index contributed by atoms with van der Waals surface area (Å²) in [6.45, 7) is 11.3. The molecule has 6 nitrogen and oxygen atoms in total. The average Bonchev–Trinajstić information content (AvgIpc) is 2.61. The number of aromatic nitrogens is 3. The Morgan fingerprint density at radius 2 is 1.94 bits per heavy atom. The van der Waals surface area contributed by atoms with Crippen molar-refractivity contribution in [1.29, 1.82) is 0 Å². The second-order valence-corrected chi connectivity index (χ2v) is 6.22. The van der Waals surface area contributed by atoms with Crippen LogP contribution in [0.2, 0.25) is 0 Å². The molecule has 0 aliphatic rings. The van der Waals surface area contributed by atoms with Crippen molar-refractivity contribution in [2.24, 2.45) is 5.73 Å². The smallest absolute Gasteiger partial charge is 0.245 e. The normalized spacial score (nSPS) is 14.4. The lowest BCUT2D eigenvalue weighted by atomic mass is 10.0. The third-order valence-electron chi connectivity index (χ3n) is 2.44. The Hall–Kier alpha value is -1.43. The molecule has 1 aromatic heterocycles. The van der Waals surface area contributed by atoms with Gasteiger partial charge in [-0.05, 0) is 41.5 Å². The Morgan fingerprint density at radius 3 is 2.33 bits per heavy atom. The number of carbonyl (C=O) groups excluding carboxylic acids is 1. The molecule has 1 rings (SSSR count). The fourth-order valence-electron chi connectivity index (χ4n) is 1.36. The van der Waals surface area contributed by atoms with Crippen molar-refractivity contribution in [2.45, 2.75) is 58.7 Å². The first-order valence-corrected chi connectivity index (χ1v) is 6.04. The molecule has 1 atom stereocenters. The van der Waals surface area contributed by atoms with Crippen molar-refractivity contribution < 1.29 is 4.79 Å². The largest absolute Gasteiger partial charge is 0.350 e. The van der Waals surface area contributed by atoms with Gasteiger partial charge in [0.05, 0.1) is 11.7 Å². The van der Waals surface area contributed by atoms with Crippen LogP contribution in [0, 0.1) is 0 Å². The molecular weight excluding hydrogens is 230 g/mol. The van der Waals surface area contributed by atoms with E-state index in [0.29, 0.717) is 5.69 Å². The second kappa shape index (κ2) is 4.68. The molecule has 0 aliphatic heterocycles. The van der Waals surface area contributed by atoms with Crippen molar-refractivity contribution in [3.63, 3.8) is 0 Å². The molecule has 0 aromatic carbocycles. The summed E-state index contributed by atoms with van der Waals surface area (Å²) in [6, 6.07) is -0.409. The Bertz CT molecular complexity index is 424. The summed E-state index contributed by atoms with van der Waals surface area (Å²) < 4.78 is 1.53. The van der Waals surface area contributed by atoms with Gasteiger partial charge in [0.2, 0.25) is 5.91 Å². The summed E-state index contributed by atoms with van der Waals surface area (Å²) in [4.78, 5) is 12.0. The van der Waals surface area contributed by atoms with Gasteiger partial charge < -0.3 is 11.1 Å². The van der Waals surface area contributed by atoms with E-state index in [1.165, 1.54) is 4.68 Å². The minimum atomic E-state index is -0.557. The minimum absolute atomic E-state index is 0.0891. The van der Waals surface area contributed by atoms with E-state index in [1.807, 2.05) is 34.6 Å². The monoisotopic (exact) mass is 253 g/mol. The molecule has 0 saturated carbocycles. The maximum atomic E-state index is 12.0. The molecule has 102 valence electrons. The summed E-state index contributed by atoms with van der Waals surface area (Å²) in [5, 5.41) is 10.9. The molecule has 1 heterocycles. The van der Waals surface area contributed by atoms with Crippen molar-refractivity contribution >= 4 is 5.91 Å². The van der Waals surface area contributed by atoms with E-state index in [0.717, 1.165) is 0 Å². The van der Waals surface area contributed by atoms with Crippen molar-refractivity contribution in [3.8, 4) is 0 Å². The molecule has 0 spiro atoms. The van der Waals surface area contributed by atoms with Crippen LogP contribution in [0.15, 0.2) is 6.20 Å². The number of carbonyl (C=O) groups is 1. The molecule has 6 heteroatoms. The highest BCUT2D eigenvalue weighted by atomic mass is 16.2. The number of hydrogen-bond donors (Lipinski definition) is 2. The second-order valence-electron chi connectivity index (χ2n) is 6.22. The van der Waals surface area contributed by atoms with E-state index in [9.17, 15) is 4.79 Å². The van der Waals surface area contributed by atoms with Gasteiger partial charge in [0.15, 0.2) is 0 Å². The van der Waals surface area contributed by atoms with Crippen LogP contribution in [-0.4, -0.2) is 26.4 Å². The summed E-state index contributed by atoms with van der Waals surface area (Å²) in [5.41, 5.74) is 5.78. The van der Waals surface area contributed by atoms with E-state index in [2.05, 4.69) is 15.6 Å². The van der Waals surface area contributed by atoms with Gasteiger partial charge in [-0.25, -0.2) is 4.68 Å². The van der Waals surface area contributed by atoms with Gasteiger partial charge in [-0.1, -0.05) is 5.21 Å². The molecule has 0 aliphatic carbocycles. The lowest BCUT2D eigenvalue weighted by Gasteiger charge is -2.23. The molecule has 1 amide bonds. The molecule has 0 radical (unpaired) electrons. The first-order chi connectivity index (χ1) is 8.00. The van der Waals surface area contributed by atoms with Gasteiger partial charge >= 0.3 is 0 Å². The van der Waals surface area contributed by atoms with Gasteiger partial charge in [0, 0.05) is 5.54 Å². The zero-order chi connectivity index (χ0) is 14.1. The van der Waals surface area contributed by atoms with E-state index in [-0.39, 0.29) is 11.4 Å². The summed E-state index contributed by atoms with van der Waals surface area (Å²) >= 11 is 0. The Kier molecular flexibility index (Phi) is 3.81. The number of nitrogens with one attached hydrogen (secondary N) is 1. The highest BCUT2D eigenvalue weighted by molar-refractivity contribution is 5.80. The first kappa shape index (κ1) is 14.6. The molecule has 0 bridgehead atoms.